The fraction of sp³-hybridized carbons (Fsp3) is 0.400. The molecule has 0 amide bonds. The lowest BCUT2D eigenvalue weighted by atomic mass is 9.86. The molecule has 0 N–H and O–H groups in total. The van der Waals surface area contributed by atoms with Crippen LogP contribution in [0, 0.1) is 0 Å². The summed E-state index contributed by atoms with van der Waals surface area (Å²) in [5.74, 6) is 0. The lowest BCUT2D eigenvalue weighted by molar-refractivity contribution is 0.591. The van der Waals surface area contributed by atoms with Crippen molar-refractivity contribution in [2.45, 2.75) is 39.7 Å². The molecule has 0 aliphatic rings. The number of benzene rings is 1. The summed E-state index contributed by atoms with van der Waals surface area (Å²) in [4.78, 5) is 12.1. The molecule has 0 saturated heterocycles. The van der Waals surface area contributed by atoms with Gasteiger partial charge in [-0.05, 0) is 35.4 Å². The average molecular weight is 229 g/mol. The molecule has 0 aliphatic heterocycles. The molecule has 0 radical (unpaired) electrons. The molecule has 2 heteroatoms. The molecule has 2 aromatic rings. The Morgan fingerprint density at radius 3 is 2.47 bits per heavy atom. The molecule has 17 heavy (non-hydrogen) atoms. The molecule has 0 atom stereocenters. The highest BCUT2D eigenvalue weighted by atomic mass is 16.1. The van der Waals surface area contributed by atoms with E-state index in [1.54, 1.807) is 4.57 Å². The third-order valence-electron chi connectivity index (χ3n) is 3.18. The topological polar surface area (TPSA) is 22.0 Å². The Morgan fingerprint density at radius 2 is 1.88 bits per heavy atom. The van der Waals surface area contributed by atoms with Crippen molar-refractivity contribution >= 4 is 10.8 Å². The largest absolute Gasteiger partial charge is 0.315 e. The van der Waals surface area contributed by atoms with Gasteiger partial charge in [0.15, 0.2) is 0 Å². The number of aromatic nitrogens is 1. The first-order valence-electron chi connectivity index (χ1n) is 6.07. The Bertz CT molecular complexity index is 602. The number of hydrogen-bond acceptors (Lipinski definition) is 1. The van der Waals surface area contributed by atoms with E-state index in [2.05, 4.69) is 32.9 Å². The van der Waals surface area contributed by atoms with Gasteiger partial charge >= 0.3 is 0 Å². The van der Waals surface area contributed by atoms with Crippen LogP contribution < -0.4 is 5.56 Å². The van der Waals surface area contributed by atoms with Crippen molar-refractivity contribution in [1.82, 2.24) is 4.57 Å². The number of fused-ring (bicyclic) bond motifs is 1. The van der Waals surface area contributed by atoms with Crippen molar-refractivity contribution in [2.75, 3.05) is 0 Å². The first-order valence-corrected chi connectivity index (χ1v) is 6.07. The zero-order valence-electron chi connectivity index (χ0n) is 10.9. The van der Waals surface area contributed by atoms with Crippen LogP contribution in [0.2, 0.25) is 0 Å². The van der Waals surface area contributed by atoms with Crippen LogP contribution in [-0.4, -0.2) is 4.57 Å². The van der Waals surface area contributed by atoms with Crippen molar-refractivity contribution in [3.8, 4) is 0 Å². The molecule has 1 aromatic carbocycles. The van der Waals surface area contributed by atoms with Crippen LogP contribution in [-0.2, 0) is 12.0 Å². The second-order valence-corrected chi connectivity index (χ2v) is 5.46. The van der Waals surface area contributed by atoms with E-state index in [-0.39, 0.29) is 11.0 Å². The van der Waals surface area contributed by atoms with E-state index in [1.165, 1.54) is 5.56 Å². The van der Waals surface area contributed by atoms with E-state index in [1.807, 2.05) is 25.3 Å². The quantitative estimate of drug-likeness (QED) is 0.735. The summed E-state index contributed by atoms with van der Waals surface area (Å²) >= 11 is 0. The molecule has 0 saturated carbocycles. The third kappa shape index (κ3) is 2.12. The Balaban J connectivity index is 2.70. The Kier molecular flexibility index (Phi) is 2.82. The summed E-state index contributed by atoms with van der Waals surface area (Å²) in [6.45, 7) is 9.25. The fourth-order valence-corrected chi connectivity index (χ4v) is 2.00. The van der Waals surface area contributed by atoms with E-state index in [0.717, 1.165) is 17.3 Å². The van der Waals surface area contributed by atoms with Gasteiger partial charge in [0.1, 0.15) is 0 Å². The van der Waals surface area contributed by atoms with E-state index in [4.69, 9.17) is 0 Å². The number of pyridine rings is 1. The van der Waals surface area contributed by atoms with Crippen LogP contribution in [0.5, 0.6) is 0 Å². The second kappa shape index (κ2) is 4.02. The fourth-order valence-electron chi connectivity index (χ4n) is 2.00. The van der Waals surface area contributed by atoms with Gasteiger partial charge in [-0.2, -0.15) is 0 Å². The van der Waals surface area contributed by atoms with E-state index in [0.29, 0.717) is 0 Å². The average Bonchev–Trinajstić information content (AvgIpc) is 2.28. The third-order valence-corrected chi connectivity index (χ3v) is 3.18. The lowest BCUT2D eigenvalue weighted by Gasteiger charge is -2.19. The van der Waals surface area contributed by atoms with Crippen molar-refractivity contribution < 1.29 is 0 Å². The van der Waals surface area contributed by atoms with Crippen LogP contribution in [0.3, 0.4) is 0 Å². The molecule has 1 aromatic heterocycles. The zero-order chi connectivity index (χ0) is 12.6. The maximum absolute atomic E-state index is 12.1. The zero-order valence-corrected chi connectivity index (χ0v) is 10.9. The molecule has 90 valence electrons. The predicted octanol–water partition coefficient (Wildman–Crippen LogP) is 3.32. The minimum atomic E-state index is 0.102. The molecular formula is C15H19NO. The summed E-state index contributed by atoms with van der Waals surface area (Å²) in [7, 11) is 0. The van der Waals surface area contributed by atoms with Crippen LogP contribution in [0.15, 0.2) is 35.3 Å². The van der Waals surface area contributed by atoms with Crippen LogP contribution in [0.4, 0.5) is 0 Å². The highest BCUT2D eigenvalue weighted by Crippen LogP contribution is 2.24. The first kappa shape index (κ1) is 11.9. The van der Waals surface area contributed by atoms with Crippen molar-refractivity contribution in [3.05, 3.63) is 46.4 Å². The van der Waals surface area contributed by atoms with Gasteiger partial charge in [0, 0.05) is 18.1 Å². The van der Waals surface area contributed by atoms with Gasteiger partial charge in [-0.3, -0.25) is 4.79 Å². The van der Waals surface area contributed by atoms with E-state index >= 15 is 0 Å². The number of hydrogen-bond donors (Lipinski definition) is 0. The molecule has 1 heterocycles. The SMILES string of the molecule is CCn1ccc2cc(C(C)(C)C)ccc2c1=O. The Hall–Kier alpha value is -1.57. The van der Waals surface area contributed by atoms with Gasteiger partial charge in [-0.1, -0.05) is 32.9 Å². The van der Waals surface area contributed by atoms with Gasteiger partial charge < -0.3 is 4.57 Å². The number of aryl methyl sites for hydroxylation is 1. The molecule has 0 spiro atoms. The van der Waals surface area contributed by atoms with Crippen molar-refractivity contribution in [1.29, 1.82) is 0 Å². The molecule has 0 unspecified atom stereocenters. The highest BCUT2D eigenvalue weighted by molar-refractivity contribution is 5.82. The molecule has 2 nitrogen and oxygen atoms in total. The number of rotatable bonds is 1. The predicted molar refractivity (Wildman–Crippen MR) is 72.6 cm³/mol. The normalized spacial score (nSPS) is 12.0. The summed E-state index contributed by atoms with van der Waals surface area (Å²) in [6, 6.07) is 8.15. The first-order chi connectivity index (χ1) is 7.93. The van der Waals surface area contributed by atoms with Crippen LogP contribution in [0.25, 0.3) is 10.8 Å². The van der Waals surface area contributed by atoms with Gasteiger partial charge in [0.05, 0.1) is 0 Å². The van der Waals surface area contributed by atoms with Crippen LogP contribution >= 0.6 is 0 Å². The van der Waals surface area contributed by atoms with Gasteiger partial charge in [-0.15, -0.1) is 0 Å². The molecule has 2 rings (SSSR count). The molecule has 0 bridgehead atoms. The molecular weight excluding hydrogens is 210 g/mol. The minimum absolute atomic E-state index is 0.102. The summed E-state index contributed by atoms with van der Waals surface area (Å²) in [5.41, 5.74) is 1.48. The van der Waals surface area contributed by atoms with Gasteiger partial charge in [0.25, 0.3) is 5.56 Å². The molecule has 0 fully saturated rings. The summed E-state index contributed by atoms with van der Waals surface area (Å²) < 4.78 is 1.74. The highest BCUT2D eigenvalue weighted by Gasteiger charge is 2.14. The lowest BCUT2D eigenvalue weighted by Crippen LogP contribution is -2.19. The van der Waals surface area contributed by atoms with Crippen LogP contribution in [0.1, 0.15) is 33.3 Å². The smallest absolute Gasteiger partial charge is 0.258 e. The van der Waals surface area contributed by atoms with E-state index < -0.39 is 0 Å². The molecule has 0 aliphatic carbocycles. The Labute approximate surface area is 102 Å². The van der Waals surface area contributed by atoms with Crippen molar-refractivity contribution in [3.63, 3.8) is 0 Å². The van der Waals surface area contributed by atoms with Crippen molar-refractivity contribution in [2.24, 2.45) is 0 Å². The summed E-state index contributed by atoms with van der Waals surface area (Å²) in [5, 5.41) is 1.84. The maximum atomic E-state index is 12.1. The second-order valence-electron chi connectivity index (χ2n) is 5.46. The number of nitrogens with zero attached hydrogens (tertiary/aromatic N) is 1. The standard InChI is InChI=1S/C15H19NO/c1-5-16-9-8-11-10-12(15(2,3)4)6-7-13(11)14(16)17/h6-10H,5H2,1-4H3. The Morgan fingerprint density at radius 1 is 1.18 bits per heavy atom. The monoisotopic (exact) mass is 229 g/mol. The maximum Gasteiger partial charge on any atom is 0.258 e. The van der Waals surface area contributed by atoms with Gasteiger partial charge in [0.2, 0.25) is 0 Å². The summed E-state index contributed by atoms with van der Waals surface area (Å²) in [6.07, 6.45) is 1.87. The minimum Gasteiger partial charge on any atom is -0.315 e. The van der Waals surface area contributed by atoms with E-state index in [9.17, 15) is 4.79 Å². The van der Waals surface area contributed by atoms with Gasteiger partial charge in [-0.25, -0.2) is 0 Å².